The molecule has 0 aliphatic rings. The average molecular weight is 138 g/mol. The number of rotatable bonds is 4. The second-order valence-corrected chi connectivity index (χ2v) is 1.02. The van der Waals surface area contributed by atoms with Crippen LogP contribution in [0.25, 0.3) is 0 Å². The highest BCUT2D eigenvalue weighted by Gasteiger charge is 1.98. The van der Waals surface area contributed by atoms with Crippen LogP contribution in [-0.4, -0.2) is 11.2 Å². The molecule has 0 radical (unpaired) electrons. The molecule has 0 spiro atoms. The van der Waals surface area contributed by atoms with Gasteiger partial charge in [-0.2, -0.15) is 0 Å². The molecule has 54 valence electrons. The molecule has 0 aromatic rings. The minimum absolute atomic E-state index is 0.148. The van der Waals surface area contributed by atoms with Gasteiger partial charge in [0.25, 0.3) is 0 Å². The van der Waals surface area contributed by atoms with Crippen molar-refractivity contribution >= 4 is 5.97 Å². The average Bonchev–Trinajstić information content (AvgIpc) is 1.89. The Morgan fingerprint density at radius 2 is 2.22 bits per heavy atom. The maximum atomic E-state index is 10.1. The van der Waals surface area contributed by atoms with Gasteiger partial charge in [-0.05, 0) is 5.04 Å². The van der Waals surface area contributed by atoms with E-state index in [4.69, 9.17) is 5.26 Å². The van der Waals surface area contributed by atoms with E-state index in [1.54, 1.807) is 6.92 Å². The summed E-state index contributed by atoms with van der Waals surface area (Å²) in [6, 6.07) is 0. The zero-order chi connectivity index (χ0) is 7.11. The van der Waals surface area contributed by atoms with Crippen molar-refractivity contribution in [1.82, 2.24) is 0 Å². The molecule has 0 unspecified atom stereocenters. The summed E-state index contributed by atoms with van der Waals surface area (Å²) in [5.41, 5.74) is 0. The zero-order valence-corrected chi connectivity index (χ0v) is 4.70. The lowest BCUT2D eigenvalue weighted by molar-refractivity contribution is -0.691. The highest BCUT2D eigenvalue weighted by molar-refractivity contribution is 5.68. The first-order chi connectivity index (χ1) is 4.31. The van der Waals surface area contributed by atoms with Gasteiger partial charge in [-0.25, -0.2) is 10.1 Å². The van der Waals surface area contributed by atoms with Crippen LogP contribution in [0.5, 0.6) is 0 Å². The molecule has 0 saturated carbocycles. The fourth-order valence-corrected chi connectivity index (χ4v) is 0.123. The van der Waals surface area contributed by atoms with E-state index in [9.17, 15) is 4.79 Å². The van der Waals surface area contributed by atoms with Crippen molar-refractivity contribution in [3.05, 3.63) is 0 Å². The Labute approximate surface area is 50.6 Å². The highest BCUT2D eigenvalue weighted by Crippen LogP contribution is 1.86. The lowest BCUT2D eigenvalue weighted by Crippen LogP contribution is -2.03. The predicted molar refractivity (Wildman–Crippen MR) is 22.3 cm³/mol. The van der Waals surface area contributed by atoms with Crippen molar-refractivity contribution in [3.8, 4) is 0 Å². The maximum absolute atomic E-state index is 10.1. The molecule has 0 aromatic carbocycles. The molecular formula is C3H6O6. The van der Waals surface area contributed by atoms with Crippen LogP contribution in [0.15, 0.2) is 0 Å². The van der Waals surface area contributed by atoms with Gasteiger partial charge in [0.1, 0.15) is 0 Å². The molecule has 0 fully saturated rings. The summed E-state index contributed by atoms with van der Waals surface area (Å²) >= 11 is 0. The molecule has 0 aliphatic carbocycles. The first-order valence-corrected chi connectivity index (χ1v) is 2.15. The molecule has 0 rings (SSSR count). The Bertz CT molecular complexity index is 80.4. The number of hydrogen-bond donors (Lipinski definition) is 1. The summed E-state index contributed by atoms with van der Waals surface area (Å²) in [6.45, 7) is 1.56. The van der Waals surface area contributed by atoms with Gasteiger partial charge in [-0.3, -0.25) is 4.89 Å². The van der Waals surface area contributed by atoms with Crippen LogP contribution in [0.2, 0.25) is 0 Å². The molecule has 6 nitrogen and oxygen atoms in total. The van der Waals surface area contributed by atoms with Crippen LogP contribution >= 0.6 is 0 Å². The lowest BCUT2D eigenvalue weighted by Gasteiger charge is -1.94. The molecule has 0 aromatic heterocycles. The molecule has 0 amide bonds. The van der Waals surface area contributed by atoms with Crippen molar-refractivity contribution in [2.45, 2.75) is 13.3 Å². The van der Waals surface area contributed by atoms with E-state index < -0.39 is 5.97 Å². The molecule has 0 heterocycles. The van der Waals surface area contributed by atoms with Crippen LogP contribution in [-0.2, 0) is 24.8 Å². The fourth-order valence-electron chi connectivity index (χ4n) is 0.123. The predicted octanol–water partition coefficient (Wildman–Crippen LogP) is 0.207. The molecule has 0 saturated heterocycles. The van der Waals surface area contributed by atoms with E-state index in [1.165, 1.54) is 0 Å². The quantitative estimate of drug-likeness (QED) is 0.340. The lowest BCUT2D eigenvalue weighted by atomic mass is 10.5. The van der Waals surface area contributed by atoms with Crippen molar-refractivity contribution in [3.63, 3.8) is 0 Å². The summed E-state index contributed by atoms with van der Waals surface area (Å²) in [5.74, 6) is -0.632. The summed E-state index contributed by atoms with van der Waals surface area (Å²) in [5, 5.41) is 17.2. The van der Waals surface area contributed by atoms with Crippen LogP contribution in [0.3, 0.4) is 0 Å². The fraction of sp³-hybridized carbons (Fsp3) is 0.667. The van der Waals surface area contributed by atoms with Crippen molar-refractivity contribution < 1.29 is 30.1 Å². The largest absolute Gasteiger partial charge is 0.345 e. The van der Waals surface area contributed by atoms with Crippen molar-refractivity contribution in [2.24, 2.45) is 0 Å². The zero-order valence-electron chi connectivity index (χ0n) is 4.70. The molecule has 9 heavy (non-hydrogen) atoms. The number of carbonyl (C=O) groups is 1. The van der Waals surface area contributed by atoms with Gasteiger partial charge in [0.05, 0.1) is 0 Å². The Hall–Kier alpha value is -0.690. The summed E-state index contributed by atoms with van der Waals surface area (Å²) in [6.07, 6.45) is 0.148. The molecular weight excluding hydrogens is 132 g/mol. The smallest absolute Gasteiger partial charge is 0.267 e. The molecule has 0 aliphatic heterocycles. The van der Waals surface area contributed by atoms with E-state index in [-0.39, 0.29) is 6.42 Å². The Morgan fingerprint density at radius 3 is 2.67 bits per heavy atom. The minimum atomic E-state index is -0.632. The van der Waals surface area contributed by atoms with E-state index in [1.807, 2.05) is 0 Å². The maximum Gasteiger partial charge on any atom is 0.345 e. The Balaban J connectivity index is 2.97. The Kier molecular flexibility index (Phi) is 5.03. The van der Waals surface area contributed by atoms with E-state index in [0.29, 0.717) is 0 Å². The minimum Gasteiger partial charge on any atom is -0.267 e. The molecule has 0 bridgehead atoms. The van der Waals surface area contributed by atoms with E-state index in [0.717, 1.165) is 0 Å². The third kappa shape index (κ3) is 5.18. The Morgan fingerprint density at radius 1 is 1.56 bits per heavy atom. The first kappa shape index (κ1) is 8.31. The van der Waals surface area contributed by atoms with Crippen LogP contribution in [0.1, 0.15) is 13.3 Å². The SMILES string of the molecule is CCC(=O)OOOOO. The summed E-state index contributed by atoms with van der Waals surface area (Å²) in [4.78, 5) is 13.9. The van der Waals surface area contributed by atoms with Crippen LogP contribution in [0, 0.1) is 0 Å². The van der Waals surface area contributed by atoms with Gasteiger partial charge in [0, 0.05) is 16.5 Å². The molecule has 0 atom stereocenters. The van der Waals surface area contributed by atoms with Crippen LogP contribution < -0.4 is 0 Å². The third-order valence-electron chi connectivity index (χ3n) is 0.474. The molecule has 1 N–H and O–H groups in total. The monoisotopic (exact) mass is 138 g/mol. The first-order valence-electron chi connectivity index (χ1n) is 2.15. The highest BCUT2D eigenvalue weighted by atomic mass is 17.8. The second-order valence-electron chi connectivity index (χ2n) is 1.02. The standard InChI is InChI=1S/C3H6O6/c1-2-3(4)6-8-9-7-5/h5H,2H2,1H3. The van der Waals surface area contributed by atoms with Gasteiger partial charge in [-0.15, -0.1) is 0 Å². The van der Waals surface area contributed by atoms with Crippen molar-refractivity contribution in [1.29, 1.82) is 0 Å². The third-order valence-corrected chi connectivity index (χ3v) is 0.474. The van der Waals surface area contributed by atoms with Gasteiger partial charge >= 0.3 is 5.97 Å². The topological polar surface area (TPSA) is 74.2 Å². The number of carbonyl (C=O) groups excluding carboxylic acids is 1. The van der Waals surface area contributed by atoms with E-state index in [2.05, 4.69) is 20.0 Å². The van der Waals surface area contributed by atoms with Crippen molar-refractivity contribution in [2.75, 3.05) is 0 Å². The normalized spacial score (nSPS) is 9.11. The number of hydrogen-bond acceptors (Lipinski definition) is 6. The summed E-state index contributed by atoms with van der Waals surface area (Å²) in [7, 11) is 0. The van der Waals surface area contributed by atoms with Gasteiger partial charge in [0.15, 0.2) is 0 Å². The van der Waals surface area contributed by atoms with Gasteiger partial charge in [0.2, 0.25) is 0 Å². The van der Waals surface area contributed by atoms with E-state index >= 15 is 0 Å². The second kappa shape index (κ2) is 5.45. The van der Waals surface area contributed by atoms with Gasteiger partial charge < -0.3 is 0 Å². The van der Waals surface area contributed by atoms with Crippen LogP contribution in [0.4, 0.5) is 0 Å². The molecule has 6 heteroatoms. The summed E-state index contributed by atoms with van der Waals surface area (Å²) < 4.78 is 0. The van der Waals surface area contributed by atoms with Gasteiger partial charge in [-0.1, -0.05) is 6.92 Å².